The Kier molecular flexibility index (Phi) is 2.53. The van der Waals surface area contributed by atoms with Gasteiger partial charge < -0.3 is 0 Å². The number of benzene rings is 1. The average molecular weight is 265 g/mol. The summed E-state index contributed by atoms with van der Waals surface area (Å²) in [6.07, 6.45) is 0. The number of fused-ring (bicyclic) bond motifs is 1. The first-order chi connectivity index (χ1) is 8.24. The lowest BCUT2D eigenvalue weighted by atomic mass is 10.2. The van der Waals surface area contributed by atoms with Gasteiger partial charge in [-0.25, -0.2) is 14.4 Å². The monoisotopic (exact) mass is 264 g/mol. The molecule has 0 saturated heterocycles. The SMILES string of the molecule is Fc1cccc(-c2nc(Cl)c3ccsc3n2)c1. The molecule has 0 N–H and O–H groups in total. The van der Waals surface area contributed by atoms with Crippen LogP contribution in [-0.2, 0) is 0 Å². The van der Waals surface area contributed by atoms with Crippen molar-refractivity contribution in [2.75, 3.05) is 0 Å². The first-order valence-corrected chi connectivity index (χ1v) is 6.16. The van der Waals surface area contributed by atoms with Crippen molar-refractivity contribution in [3.05, 3.63) is 46.7 Å². The zero-order chi connectivity index (χ0) is 11.8. The van der Waals surface area contributed by atoms with Crippen molar-refractivity contribution in [2.24, 2.45) is 0 Å². The second kappa shape index (κ2) is 4.05. The van der Waals surface area contributed by atoms with Gasteiger partial charge in [-0.05, 0) is 23.6 Å². The minimum atomic E-state index is -0.312. The van der Waals surface area contributed by atoms with Gasteiger partial charge in [-0.3, -0.25) is 0 Å². The quantitative estimate of drug-likeness (QED) is 0.617. The zero-order valence-electron chi connectivity index (χ0n) is 8.52. The summed E-state index contributed by atoms with van der Waals surface area (Å²) in [6.45, 7) is 0. The second-order valence-corrected chi connectivity index (χ2v) is 4.74. The molecule has 1 aromatic carbocycles. The van der Waals surface area contributed by atoms with E-state index >= 15 is 0 Å². The predicted octanol–water partition coefficient (Wildman–Crippen LogP) is 4.15. The number of aromatic nitrogens is 2. The number of rotatable bonds is 1. The van der Waals surface area contributed by atoms with Crippen LogP contribution in [0.5, 0.6) is 0 Å². The lowest BCUT2D eigenvalue weighted by Crippen LogP contribution is -1.90. The summed E-state index contributed by atoms with van der Waals surface area (Å²) in [6, 6.07) is 8.03. The molecule has 3 rings (SSSR count). The first-order valence-electron chi connectivity index (χ1n) is 4.91. The Morgan fingerprint density at radius 2 is 2.06 bits per heavy atom. The highest BCUT2D eigenvalue weighted by molar-refractivity contribution is 7.16. The Labute approximate surface area is 106 Å². The van der Waals surface area contributed by atoms with E-state index in [4.69, 9.17) is 11.6 Å². The second-order valence-electron chi connectivity index (χ2n) is 3.49. The number of nitrogens with zero attached hydrogens (tertiary/aromatic N) is 2. The predicted molar refractivity (Wildman–Crippen MR) is 67.8 cm³/mol. The van der Waals surface area contributed by atoms with Gasteiger partial charge in [0.2, 0.25) is 0 Å². The fourth-order valence-electron chi connectivity index (χ4n) is 1.58. The zero-order valence-corrected chi connectivity index (χ0v) is 10.1. The molecule has 0 aliphatic rings. The number of hydrogen-bond acceptors (Lipinski definition) is 3. The molecule has 2 aromatic heterocycles. The molecule has 2 nitrogen and oxygen atoms in total. The van der Waals surface area contributed by atoms with Crippen LogP contribution >= 0.6 is 22.9 Å². The van der Waals surface area contributed by atoms with Crippen molar-refractivity contribution in [2.45, 2.75) is 0 Å². The van der Waals surface area contributed by atoms with Gasteiger partial charge in [0.05, 0.1) is 0 Å². The van der Waals surface area contributed by atoms with Crippen LogP contribution in [0.4, 0.5) is 4.39 Å². The third kappa shape index (κ3) is 1.90. The van der Waals surface area contributed by atoms with E-state index in [1.807, 2.05) is 11.4 Å². The average Bonchev–Trinajstić information content (AvgIpc) is 2.77. The highest BCUT2D eigenvalue weighted by atomic mass is 35.5. The Morgan fingerprint density at radius 1 is 1.18 bits per heavy atom. The van der Waals surface area contributed by atoms with Crippen LogP contribution in [0.3, 0.4) is 0 Å². The van der Waals surface area contributed by atoms with Gasteiger partial charge in [0.1, 0.15) is 15.8 Å². The molecule has 0 aliphatic heterocycles. The summed E-state index contributed by atoms with van der Waals surface area (Å²) in [7, 11) is 0. The minimum absolute atomic E-state index is 0.312. The molecule has 0 spiro atoms. The third-order valence-corrected chi connectivity index (χ3v) is 3.46. The van der Waals surface area contributed by atoms with E-state index < -0.39 is 0 Å². The lowest BCUT2D eigenvalue weighted by Gasteiger charge is -2.01. The summed E-state index contributed by atoms with van der Waals surface area (Å²) in [5.41, 5.74) is 0.627. The summed E-state index contributed by atoms with van der Waals surface area (Å²) < 4.78 is 13.1. The number of halogens is 2. The largest absolute Gasteiger partial charge is 0.217 e. The standard InChI is InChI=1S/C12H6ClFN2S/c13-10-9-4-5-17-12(9)16-11(15-10)7-2-1-3-8(14)6-7/h1-6H. The van der Waals surface area contributed by atoms with Crippen molar-refractivity contribution in [3.63, 3.8) is 0 Å². The van der Waals surface area contributed by atoms with Crippen molar-refractivity contribution < 1.29 is 4.39 Å². The molecule has 3 aromatic rings. The molecule has 0 fully saturated rings. The molecule has 17 heavy (non-hydrogen) atoms. The molecule has 0 atom stereocenters. The highest BCUT2D eigenvalue weighted by Crippen LogP contribution is 2.28. The van der Waals surface area contributed by atoms with Gasteiger partial charge in [-0.1, -0.05) is 23.7 Å². The van der Waals surface area contributed by atoms with Crippen LogP contribution in [0.1, 0.15) is 0 Å². The maximum absolute atomic E-state index is 13.1. The highest BCUT2D eigenvalue weighted by Gasteiger charge is 2.09. The van der Waals surface area contributed by atoms with Crippen LogP contribution in [-0.4, -0.2) is 9.97 Å². The Hall–Kier alpha value is -1.52. The Bertz CT molecular complexity index is 696. The van der Waals surface area contributed by atoms with Crippen LogP contribution in [0.25, 0.3) is 21.6 Å². The third-order valence-electron chi connectivity index (χ3n) is 2.36. The van der Waals surface area contributed by atoms with Gasteiger partial charge in [-0.2, -0.15) is 0 Å². The van der Waals surface area contributed by atoms with Crippen molar-refractivity contribution in [1.82, 2.24) is 9.97 Å². The molecule has 0 unspecified atom stereocenters. The molecule has 0 aliphatic carbocycles. The molecule has 0 radical (unpaired) electrons. The van der Waals surface area contributed by atoms with Crippen molar-refractivity contribution >= 4 is 33.2 Å². The van der Waals surface area contributed by atoms with E-state index in [1.165, 1.54) is 23.5 Å². The van der Waals surface area contributed by atoms with E-state index in [1.54, 1.807) is 12.1 Å². The number of hydrogen-bond donors (Lipinski definition) is 0. The molecule has 2 heterocycles. The van der Waals surface area contributed by atoms with E-state index in [9.17, 15) is 4.39 Å². The van der Waals surface area contributed by atoms with Crippen LogP contribution in [0, 0.1) is 5.82 Å². The summed E-state index contributed by atoms with van der Waals surface area (Å²) in [4.78, 5) is 9.35. The van der Waals surface area contributed by atoms with Crippen LogP contribution < -0.4 is 0 Å². The van der Waals surface area contributed by atoms with Gasteiger partial charge in [0.15, 0.2) is 5.82 Å². The molecule has 84 valence electrons. The van der Waals surface area contributed by atoms with Crippen molar-refractivity contribution in [3.8, 4) is 11.4 Å². The van der Waals surface area contributed by atoms with Crippen molar-refractivity contribution in [1.29, 1.82) is 0 Å². The van der Waals surface area contributed by atoms with Gasteiger partial charge >= 0.3 is 0 Å². The maximum atomic E-state index is 13.1. The van der Waals surface area contributed by atoms with E-state index in [-0.39, 0.29) is 5.82 Å². The molecule has 5 heteroatoms. The molecule has 0 bridgehead atoms. The first kappa shape index (κ1) is 10.6. The van der Waals surface area contributed by atoms with E-state index in [2.05, 4.69) is 9.97 Å². The maximum Gasteiger partial charge on any atom is 0.162 e. The Morgan fingerprint density at radius 3 is 2.88 bits per heavy atom. The number of thiophene rings is 1. The van der Waals surface area contributed by atoms with Gasteiger partial charge in [-0.15, -0.1) is 11.3 Å². The molecule has 0 amide bonds. The summed E-state index contributed by atoms with van der Waals surface area (Å²) in [5.74, 6) is 0.137. The normalized spacial score (nSPS) is 10.9. The summed E-state index contributed by atoms with van der Waals surface area (Å²) >= 11 is 7.54. The van der Waals surface area contributed by atoms with Gasteiger partial charge in [0, 0.05) is 10.9 Å². The van der Waals surface area contributed by atoms with Crippen LogP contribution in [0.2, 0.25) is 5.15 Å². The van der Waals surface area contributed by atoms with Crippen LogP contribution in [0.15, 0.2) is 35.7 Å². The Balaban J connectivity index is 2.23. The fourth-order valence-corrected chi connectivity index (χ4v) is 2.63. The van der Waals surface area contributed by atoms with Gasteiger partial charge in [0.25, 0.3) is 0 Å². The molecular weight excluding hydrogens is 259 g/mol. The van der Waals surface area contributed by atoms with E-state index in [0.717, 1.165) is 10.2 Å². The van der Waals surface area contributed by atoms with E-state index in [0.29, 0.717) is 16.5 Å². The molecule has 0 saturated carbocycles. The minimum Gasteiger partial charge on any atom is -0.217 e. The topological polar surface area (TPSA) is 25.8 Å². The fraction of sp³-hybridized carbons (Fsp3) is 0. The summed E-state index contributed by atoms with van der Waals surface area (Å²) in [5, 5.41) is 3.13. The lowest BCUT2D eigenvalue weighted by molar-refractivity contribution is 0.628. The smallest absolute Gasteiger partial charge is 0.162 e. The molecular formula is C12H6ClFN2S.